The first kappa shape index (κ1) is 29.7. The Balaban J connectivity index is 1.45. The first-order chi connectivity index (χ1) is 20.2. The van der Waals surface area contributed by atoms with E-state index in [9.17, 15) is 18.8 Å². The summed E-state index contributed by atoms with van der Waals surface area (Å²) in [6.45, 7) is 4.47. The third-order valence-corrected chi connectivity index (χ3v) is 7.71. The van der Waals surface area contributed by atoms with Gasteiger partial charge in [0.1, 0.15) is 23.8 Å². The molecule has 222 valence electrons. The molecular formula is C30H33FN4O6S. The molecule has 3 aromatic rings. The number of hydrogen-bond acceptors (Lipinski definition) is 8. The number of carbonyl (C=O) groups excluding carboxylic acids is 2. The van der Waals surface area contributed by atoms with Crippen LogP contribution >= 0.6 is 12.0 Å². The number of rotatable bonds is 10. The van der Waals surface area contributed by atoms with Crippen LogP contribution in [0.3, 0.4) is 0 Å². The summed E-state index contributed by atoms with van der Waals surface area (Å²) in [6, 6.07) is 13.1. The number of halogens is 1. The average molecular weight is 597 g/mol. The first-order valence-electron chi connectivity index (χ1n) is 13.7. The summed E-state index contributed by atoms with van der Waals surface area (Å²) in [7, 11) is 0. The lowest BCUT2D eigenvalue weighted by Crippen LogP contribution is -2.43. The van der Waals surface area contributed by atoms with Crippen molar-refractivity contribution in [2.24, 2.45) is 0 Å². The number of anilines is 1. The van der Waals surface area contributed by atoms with Crippen LogP contribution in [0.2, 0.25) is 0 Å². The van der Waals surface area contributed by atoms with Crippen molar-refractivity contribution < 1.29 is 27.6 Å². The molecule has 0 spiro atoms. The summed E-state index contributed by atoms with van der Waals surface area (Å²) in [6.07, 6.45) is 2.67. The zero-order valence-corrected chi connectivity index (χ0v) is 24.5. The monoisotopic (exact) mass is 596 g/mol. The van der Waals surface area contributed by atoms with Crippen molar-refractivity contribution in [2.45, 2.75) is 58.0 Å². The van der Waals surface area contributed by atoms with Crippen molar-refractivity contribution in [3.05, 3.63) is 87.3 Å². The summed E-state index contributed by atoms with van der Waals surface area (Å²) in [5.41, 5.74) is 0.159. The van der Waals surface area contributed by atoms with Gasteiger partial charge in [0.2, 0.25) is 11.7 Å². The maximum absolute atomic E-state index is 14.4. The molecule has 0 radical (unpaired) electrons. The van der Waals surface area contributed by atoms with E-state index in [1.807, 2.05) is 30.3 Å². The molecule has 0 saturated carbocycles. The van der Waals surface area contributed by atoms with E-state index in [2.05, 4.69) is 10.3 Å². The molecule has 2 aromatic carbocycles. The summed E-state index contributed by atoms with van der Waals surface area (Å²) >= 11 is 1.20. The van der Waals surface area contributed by atoms with Crippen molar-refractivity contribution in [3.8, 4) is 5.75 Å². The highest BCUT2D eigenvalue weighted by molar-refractivity contribution is 7.93. The van der Waals surface area contributed by atoms with Gasteiger partial charge in [-0.15, -0.1) is 0 Å². The number of carbonyl (C=O) groups is 2. The second-order valence-electron chi connectivity index (χ2n) is 10.6. The van der Waals surface area contributed by atoms with E-state index >= 15 is 0 Å². The van der Waals surface area contributed by atoms with E-state index in [0.29, 0.717) is 36.5 Å². The average Bonchev–Trinajstić information content (AvgIpc) is 3.34. The zero-order valence-electron chi connectivity index (χ0n) is 23.7. The molecule has 3 heterocycles. The second-order valence-corrected chi connectivity index (χ2v) is 11.1. The largest absolute Gasteiger partial charge is 0.481 e. The molecule has 0 bridgehead atoms. The minimum absolute atomic E-state index is 0.0492. The number of nitrogens with zero attached hydrogens (tertiary/aromatic N) is 3. The topological polar surface area (TPSA) is 112 Å². The van der Waals surface area contributed by atoms with Crippen LogP contribution in [0.25, 0.3) is 0 Å². The molecule has 2 amide bonds. The van der Waals surface area contributed by atoms with Gasteiger partial charge < -0.3 is 23.9 Å². The van der Waals surface area contributed by atoms with Gasteiger partial charge in [-0.25, -0.2) is 9.37 Å². The van der Waals surface area contributed by atoms with Crippen molar-refractivity contribution in [2.75, 3.05) is 24.4 Å². The molecular weight excluding hydrogens is 563 g/mol. The van der Waals surface area contributed by atoms with E-state index in [4.69, 9.17) is 13.7 Å². The third kappa shape index (κ3) is 6.20. The Hall–Kier alpha value is -3.74. The molecule has 1 saturated heterocycles. The van der Waals surface area contributed by atoms with Crippen molar-refractivity contribution in [1.29, 1.82) is 0 Å². The summed E-state index contributed by atoms with van der Waals surface area (Å²) in [5.74, 6) is -1.15. The van der Waals surface area contributed by atoms with Gasteiger partial charge >= 0.3 is 0 Å². The SMILES string of the molecule is CSOC[C@H]1CCC(=O)N1c1cc(F)ccc1CNC(=O)c1nc2n(c(=O)c1OCc1ccccc1)CCOC2(C)C. The van der Waals surface area contributed by atoms with Gasteiger partial charge in [0.15, 0.2) is 5.69 Å². The highest BCUT2D eigenvalue weighted by atomic mass is 32.2. The van der Waals surface area contributed by atoms with Crippen molar-refractivity contribution in [1.82, 2.24) is 14.9 Å². The van der Waals surface area contributed by atoms with Gasteiger partial charge in [-0.2, -0.15) is 0 Å². The number of nitrogens with one attached hydrogen (secondary N) is 1. The van der Waals surface area contributed by atoms with Crippen LogP contribution in [0, 0.1) is 5.82 Å². The normalized spacial score (nSPS) is 17.7. The van der Waals surface area contributed by atoms with Crippen molar-refractivity contribution >= 4 is 29.5 Å². The highest BCUT2D eigenvalue weighted by Gasteiger charge is 2.36. The van der Waals surface area contributed by atoms with Crippen molar-refractivity contribution in [3.63, 3.8) is 0 Å². The van der Waals surface area contributed by atoms with Crippen LogP contribution in [0.4, 0.5) is 10.1 Å². The summed E-state index contributed by atoms with van der Waals surface area (Å²) < 4.78 is 33.1. The molecule has 42 heavy (non-hydrogen) atoms. The van der Waals surface area contributed by atoms with Gasteiger partial charge in [0.25, 0.3) is 11.5 Å². The number of fused-ring (bicyclic) bond motifs is 1. The molecule has 1 aromatic heterocycles. The van der Waals surface area contributed by atoms with Gasteiger partial charge in [-0.3, -0.25) is 19.0 Å². The lowest BCUT2D eigenvalue weighted by atomic mass is 10.1. The van der Waals surface area contributed by atoms with Crippen LogP contribution in [-0.2, 0) is 39.0 Å². The van der Waals surface area contributed by atoms with Crippen LogP contribution in [0.5, 0.6) is 5.75 Å². The number of ether oxygens (including phenoxy) is 2. The van der Waals surface area contributed by atoms with Crippen LogP contribution in [-0.4, -0.2) is 46.9 Å². The quantitative estimate of drug-likeness (QED) is 0.351. The maximum Gasteiger partial charge on any atom is 0.296 e. The smallest absolute Gasteiger partial charge is 0.296 e. The Morgan fingerprint density at radius 2 is 2.00 bits per heavy atom. The minimum atomic E-state index is -0.904. The Morgan fingerprint density at radius 1 is 1.21 bits per heavy atom. The Kier molecular flexibility index (Phi) is 8.95. The van der Waals surface area contributed by atoms with Crippen LogP contribution in [0.1, 0.15) is 54.1 Å². The van der Waals surface area contributed by atoms with Gasteiger partial charge in [0.05, 0.1) is 31.5 Å². The van der Waals surface area contributed by atoms with E-state index in [1.165, 1.54) is 34.8 Å². The molecule has 10 nitrogen and oxygen atoms in total. The second kappa shape index (κ2) is 12.6. The molecule has 0 aliphatic carbocycles. The fourth-order valence-corrected chi connectivity index (χ4v) is 5.52. The molecule has 12 heteroatoms. The minimum Gasteiger partial charge on any atom is -0.481 e. The molecule has 1 atom stereocenters. The van der Waals surface area contributed by atoms with E-state index in [1.54, 1.807) is 25.0 Å². The first-order valence-corrected chi connectivity index (χ1v) is 14.8. The summed E-state index contributed by atoms with van der Waals surface area (Å²) in [4.78, 5) is 46.2. The van der Waals surface area contributed by atoms with Crippen LogP contribution in [0.15, 0.2) is 53.3 Å². The molecule has 0 unspecified atom stereocenters. The Labute approximate surface area is 247 Å². The van der Waals surface area contributed by atoms with E-state index in [0.717, 1.165) is 5.56 Å². The fraction of sp³-hybridized carbons (Fsp3) is 0.400. The van der Waals surface area contributed by atoms with Crippen LogP contribution < -0.4 is 20.5 Å². The van der Waals surface area contributed by atoms with E-state index < -0.39 is 22.9 Å². The maximum atomic E-state index is 14.4. The number of benzene rings is 2. The third-order valence-electron chi connectivity index (χ3n) is 7.34. The Morgan fingerprint density at radius 3 is 2.76 bits per heavy atom. The fourth-order valence-electron chi connectivity index (χ4n) is 5.22. The highest BCUT2D eigenvalue weighted by Crippen LogP contribution is 2.32. The van der Waals surface area contributed by atoms with Gasteiger partial charge in [-0.05, 0) is 55.6 Å². The molecule has 2 aliphatic rings. The van der Waals surface area contributed by atoms with Gasteiger partial charge in [0, 0.05) is 19.2 Å². The summed E-state index contributed by atoms with van der Waals surface area (Å²) in [5, 5.41) is 2.81. The molecule has 5 rings (SSSR count). The lowest BCUT2D eigenvalue weighted by molar-refractivity contribution is -0.117. The van der Waals surface area contributed by atoms with E-state index in [-0.39, 0.29) is 49.7 Å². The number of hydrogen-bond donors (Lipinski definition) is 1. The predicted molar refractivity (Wildman–Crippen MR) is 156 cm³/mol. The predicted octanol–water partition coefficient (Wildman–Crippen LogP) is 3.95. The number of aromatic nitrogens is 2. The lowest BCUT2D eigenvalue weighted by Gasteiger charge is -2.33. The standard InChI is InChI=1S/C30H33FN4O6S/c1-30(2)29-33-25(26(28(38)34(29)13-14-40-30)39-17-19-7-5-4-6-8-19)27(37)32-16-20-9-10-21(31)15-23(20)35-22(18-41-42-3)11-12-24(35)36/h4-10,15,22H,11-14,16-18H2,1-3H3,(H,32,37)/t22-/m1/s1. The molecule has 2 aliphatic heterocycles. The molecule has 1 fully saturated rings. The Bertz CT molecular complexity index is 1530. The van der Waals surface area contributed by atoms with Gasteiger partial charge in [-0.1, -0.05) is 36.4 Å². The molecule has 1 N–H and O–H groups in total. The zero-order chi connectivity index (χ0) is 29.9. The number of amides is 2.